The molecule has 124 heavy (non-hydrogen) atoms. The van der Waals surface area contributed by atoms with Crippen LogP contribution >= 0.6 is 40.3 Å². The third-order valence-corrected chi connectivity index (χ3v) is 29.9. The Morgan fingerprint density at radius 3 is 1.09 bits per heavy atom. The molecule has 12 unspecified atom stereocenters. The van der Waals surface area contributed by atoms with Gasteiger partial charge < -0.3 is 114 Å². The summed E-state index contributed by atoms with van der Waals surface area (Å²) in [7, 11) is 1.09. The molecule has 51 nitrogen and oxygen atoms in total. The molecule has 14 heterocycles. The van der Waals surface area contributed by atoms with E-state index in [1.165, 1.54) is 63.6 Å². The van der Waals surface area contributed by atoms with E-state index in [4.69, 9.17) is 165 Å². The predicted molar refractivity (Wildman–Crippen MR) is 448 cm³/mol. The molecule has 8 aromatic heterocycles. The first kappa shape index (κ1) is 94.3. The number of hydrogen-bond donors (Lipinski definition) is 13. The largest absolute Gasteiger partial charge is 0.382 e. The van der Waals surface area contributed by atoms with Crippen LogP contribution < -0.4 is 62.0 Å². The van der Waals surface area contributed by atoms with Crippen LogP contribution in [-0.2, 0) is 154 Å². The molecule has 15 N–H and O–H groups in total. The van der Waals surface area contributed by atoms with Crippen LogP contribution in [0.4, 0.5) is 11.8 Å². The summed E-state index contributed by atoms with van der Waals surface area (Å²) in [5.41, 5.74) is 5.20. The number of H-pyrrole nitrogens is 5. The molecule has 6 aliphatic rings. The van der Waals surface area contributed by atoms with E-state index in [1.54, 1.807) is 4.57 Å². The molecule has 0 aliphatic carbocycles. The van der Waals surface area contributed by atoms with Gasteiger partial charge in [0.15, 0.2) is 28.9 Å². The number of aryl methyl sites for hydroxylation is 4. The van der Waals surface area contributed by atoms with Gasteiger partial charge in [0, 0.05) is 92.7 Å². The van der Waals surface area contributed by atoms with Crippen molar-refractivity contribution in [3.8, 4) is 0 Å². The van der Waals surface area contributed by atoms with Gasteiger partial charge in [-0.15, -0.1) is 0 Å². The standard InChI is InChI=1S/C61H80N18O33P6S6/c1-7-29-30(8-44(100-29)78-23-66-46-48(62)64-22-65-49(46)78)107-114(90,120)96-19-37-32(10-41(102-37)75-15-26(3)52(81)71-59(75)86)108-115(91,121)98-21-39-34(11-42(103-39)76-16-27(4)53(82)72-60(76)87)110-118(94,124)112-56-35(13-43(105-56)77-17-28(5)54(83)73-61(77)88)111-117(93,123)99-20-38-33(12-45(104-38)79-24-67-47-50(79)68-57(63)69-55(47)84)109-116(92,122)97-18-36-31(106-113(89,119)95-6)9-40(101-36)74-14-25(2)51(80)70-58(74)85/h14-17,22-24,29-45,56H,7-13,18-21H2,1-6H3,(H,89,119)(H,90,120)(H,91,121)(H,92,122)(H,93,123)(H,94,124)(H2,62,64,65)(H,70,80,85)(H,71,81,86)(H,72,82,87)(H,73,83,88)(H3,63,68,69,84)/t29-,30?,31?,32?,33?,34?,35?,36-,37-,38-,39-,40-,41-,42-,43-,44-,45-,56-,113?,114?,115?,116?,117?,118?/m1/s1. The second-order valence-corrected chi connectivity index (χ2v) is 45.6. The van der Waals surface area contributed by atoms with Crippen molar-refractivity contribution < 1.29 is 112 Å². The summed E-state index contributed by atoms with van der Waals surface area (Å²) in [6.45, 7) is -22.9. The van der Waals surface area contributed by atoms with Gasteiger partial charge >= 0.3 is 63.1 Å². The number of nitrogens with one attached hydrogen (secondary N) is 5. The van der Waals surface area contributed by atoms with Crippen LogP contribution in [0, 0.1) is 27.7 Å². The highest BCUT2D eigenvalue weighted by molar-refractivity contribution is 8.08. The van der Waals surface area contributed by atoms with Crippen molar-refractivity contribution in [3.63, 3.8) is 0 Å². The Balaban J connectivity index is 0.685. The molecular weight excluding hydrogens is 1890 g/mol. The zero-order valence-electron chi connectivity index (χ0n) is 65.1. The molecule has 6 fully saturated rings. The second kappa shape index (κ2) is 37.6. The van der Waals surface area contributed by atoms with Crippen molar-refractivity contribution in [1.29, 1.82) is 0 Å². The van der Waals surface area contributed by atoms with Crippen LogP contribution in [0.5, 0.6) is 0 Å². The number of nitrogens with zero attached hydrogens (tertiary/aromatic N) is 11. The lowest BCUT2D eigenvalue weighted by molar-refractivity contribution is -0.132. The minimum Gasteiger partial charge on any atom is -0.382 e. The number of ether oxygens (including phenoxy) is 6. The number of aromatic amines is 5. The smallest absolute Gasteiger partial charge is 0.330 e. The van der Waals surface area contributed by atoms with Gasteiger partial charge in [-0.3, -0.25) is 85.3 Å². The number of anilines is 2. The van der Waals surface area contributed by atoms with Crippen molar-refractivity contribution in [2.45, 2.75) is 190 Å². The van der Waals surface area contributed by atoms with E-state index in [0.29, 0.717) is 17.6 Å². The fraction of sp³-hybridized carbons (Fsp3) is 0.574. The lowest BCUT2D eigenvalue weighted by Crippen LogP contribution is -2.33. The highest BCUT2D eigenvalue weighted by Crippen LogP contribution is 2.59. The average molecular weight is 1970 g/mol. The summed E-state index contributed by atoms with van der Waals surface area (Å²) in [5, 5.41) is 0. The maximum Gasteiger partial charge on any atom is 0.330 e. The van der Waals surface area contributed by atoms with Crippen LogP contribution in [-0.4, -0.2) is 214 Å². The van der Waals surface area contributed by atoms with Gasteiger partial charge in [-0.1, -0.05) is 6.92 Å². The first-order chi connectivity index (χ1) is 58.3. The lowest BCUT2D eigenvalue weighted by atomic mass is 10.1. The van der Waals surface area contributed by atoms with Crippen LogP contribution in [0.15, 0.2) is 86.9 Å². The highest BCUT2D eigenvalue weighted by Gasteiger charge is 2.51. The predicted octanol–water partition coefficient (Wildman–Crippen LogP) is -0.00772. The number of nitrogens with two attached hydrogens (primary N) is 2. The maximum atomic E-state index is 13.5. The quantitative estimate of drug-likeness (QED) is 0.0236. The van der Waals surface area contributed by atoms with Gasteiger partial charge in [0.05, 0.1) is 75.7 Å². The summed E-state index contributed by atoms with van der Waals surface area (Å²) in [4.78, 5) is 219. The van der Waals surface area contributed by atoms with E-state index >= 15 is 0 Å². The van der Waals surface area contributed by atoms with Gasteiger partial charge in [0.1, 0.15) is 79.7 Å². The Morgan fingerprint density at radius 1 is 0.395 bits per heavy atom. The normalized spacial score (nSPS) is 29.6. The summed E-state index contributed by atoms with van der Waals surface area (Å²) >= 11 is 33.0. The monoisotopic (exact) mass is 1970 g/mol. The molecule has 0 radical (unpaired) electrons. The average Bonchev–Trinajstić information content (AvgIpc) is 1.62. The number of aromatic nitrogens is 16. The van der Waals surface area contributed by atoms with E-state index in [9.17, 15) is 72.5 Å². The van der Waals surface area contributed by atoms with Gasteiger partial charge in [0.2, 0.25) is 5.95 Å². The molecule has 6 saturated heterocycles. The van der Waals surface area contributed by atoms with Crippen molar-refractivity contribution in [2.24, 2.45) is 0 Å². The number of fused-ring (bicyclic) bond motifs is 2. The number of hydrogen-bond acceptors (Lipinski definition) is 40. The molecule has 8 aromatic rings. The number of imidazole rings is 2. The molecular formula is C61H80N18O33P6S6. The molecule has 14 rings (SSSR count). The fourth-order valence-corrected chi connectivity index (χ4v) is 22.8. The fourth-order valence-electron chi connectivity index (χ4n) is 14.3. The number of rotatable bonds is 34. The van der Waals surface area contributed by atoms with E-state index in [0.717, 1.165) is 37.8 Å². The van der Waals surface area contributed by atoms with Gasteiger partial charge in [-0.05, 0) is 105 Å². The lowest BCUT2D eigenvalue weighted by Gasteiger charge is -2.29. The van der Waals surface area contributed by atoms with Gasteiger partial charge in [-0.2, -0.15) is 4.98 Å². The van der Waals surface area contributed by atoms with Crippen LogP contribution in [0.3, 0.4) is 0 Å². The number of nitrogen functional groups attached to an aromatic ring is 2. The Bertz CT molecular complexity index is 6310. The minimum atomic E-state index is -4.97. The SMILES string of the molecule is CC[C@H]1O[C@@H](n2cnc3c(N)ncnc32)CC1OP(O)(=S)OC[C@H]1O[C@@H](n2cc(C)c(=O)[nH]c2=O)CC1OP(O)(=S)OC[C@H]1O[C@@H](n2cc(C)c(=O)[nH]c2=O)CC1OP(O)(=S)O[C@H]1O[C@@H](n2cc(C)c(=O)[nH]c2=O)CC1OP(O)(=S)OC[C@H]1O[C@@H](n2cnc3c(=O)[nH]c(N)nc32)CC1OP(O)(=S)OC[C@H]1O[C@@H](n2cc(C)c(=O)[nH]c2=O)CC1OP(O)(=S)OC. The topological polar surface area (TPSA) is 666 Å². The Kier molecular flexibility index (Phi) is 28.6. The summed E-state index contributed by atoms with van der Waals surface area (Å²) in [5.74, 6) is -0.183. The van der Waals surface area contributed by atoms with Gasteiger partial charge in [-0.25, -0.2) is 39.1 Å². The molecule has 0 amide bonds. The van der Waals surface area contributed by atoms with E-state index < -0.39 is 241 Å². The third-order valence-electron chi connectivity index (χ3n) is 20.3. The first-order valence-electron chi connectivity index (χ1n) is 37.1. The zero-order valence-corrected chi connectivity index (χ0v) is 75.4. The minimum absolute atomic E-state index is 0.000954. The Labute approximate surface area is 725 Å². The van der Waals surface area contributed by atoms with E-state index in [2.05, 4.69) is 49.8 Å². The highest BCUT2D eigenvalue weighted by atomic mass is 32.5. The molecule has 0 bridgehead atoms. The van der Waals surface area contributed by atoms with Crippen LogP contribution in [0.1, 0.15) is 111 Å². The third kappa shape index (κ3) is 21.7. The van der Waals surface area contributed by atoms with Crippen molar-refractivity contribution in [2.75, 3.05) is 45.0 Å². The first-order valence-corrected chi connectivity index (χ1v) is 52.6. The summed E-state index contributed by atoms with van der Waals surface area (Å²) < 4.78 is 115. The van der Waals surface area contributed by atoms with Gasteiger partial charge in [0.25, 0.3) is 27.8 Å². The van der Waals surface area contributed by atoms with Crippen molar-refractivity contribution in [1.82, 2.24) is 77.2 Å². The summed E-state index contributed by atoms with van der Waals surface area (Å²) in [6, 6.07) is 0. The van der Waals surface area contributed by atoms with Crippen LogP contribution in [0.25, 0.3) is 22.3 Å². The van der Waals surface area contributed by atoms with E-state index in [1.807, 2.05) is 6.92 Å². The second-order valence-electron chi connectivity index (χ2n) is 28.8. The van der Waals surface area contributed by atoms with Crippen molar-refractivity contribution >= 4 is 145 Å². The zero-order chi connectivity index (χ0) is 89.4. The van der Waals surface area contributed by atoms with Crippen LogP contribution in [0.2, 0.25) is 0 Å². The Hall–Kier alpha value is -5.84. The molecule has 63 heteroatoms. The maximum absolute atomic E-state index is 13.5. The Morgan fingerprint density at radius 2 is 0.710 bits per heavy atom. The van der Waals surface area contributed by atoms with Crippen molar-refractivity contribution in [3.05, 3.63) is 160 Å². The molecule has 0 saturated carbocycles. The molecule has 6 aliphatic heterocycles. The van der Waals surface area contributed by atoms with E-state index in [-0.39, 0.29) is 70.9 Å². The summed E-state index contributed by atoms with van der Waals surface area (Å²) in [6.07, 6.45) is -16.6. The molecule has 0 spiro atoms. The molecule has 24 atom stereocenters. The molecule has 678 valence electrons. The molecule has 0 aromatic carbocycles.